The molecule has 1 N–H and O–H groups in total. The van der Waals surface area contributed by atoms with Crippen molar-refractivity contribution >= 4 is 35.8 Å². The minimum atomic E-state index is 0. The summed E-state index contributed by atoms with van der Waals surface area (Å²) >= 11 is 0. The molecule has 176 valence electrons. The number of hydrogen-bond donors (Lipinski definition) is 1. The lowest BCUT2D eigenvalue weighted by molar-refractivity contribution is -0.132. The van der Waals surface area contributed by atoms with Crippen molar-refractivity contribution in [2.24, 2.45) is 10.9 Å². The molecule has 0 atom stereocenters. The average Bonchev–Trinajstić information content (AvgIpc) is 2.99. The van der Waals surface area contributed by atoms with Gasteiger partial charge in [0.1, 0.15) is 5.82 Å². The van der Waals surface area contributed by atoms with Crippen LogP contribution in [-0.2, 0) is 17.9 Å². The molecule has 0 spiro atoms. The third-order valence-electron chi connectivity index (χ3n) is 5.97. The number of amides is 1. The van der Waals surface area contributed by atoms with Gasteiger partial charge >= 0.3 is 0 Å². The van der Waals surface area contributed by atoms with Crippen LogP contribution in [-0.4, -0.2) is 89.0 Å². The van der Waals surface area contributed by atoms with Gasteiger partial charge in [-0.2, -0.15) is 0 Å². The van der Waals surface area contributed by atoms with Crippen LogP contribution in [0.1, 0.15) is 45.4 Å². The van der Waals surface area contributed by atoms with Crippen molar-refractivity contribution in [1.82, 2.24) is 29.6 Å². The molecule has 2 aliphatic heterocycles. The Morgan fingerprint density at radius 2 is 1.74 bits per heavy atom. The van der Waals surface area contributed by atoms with Gasteiger partial charge in [-0.25, -0.2) is 4.98 Å². The number of likely N-dealkylation sites (tertiary alicyclic amines) is 1. The summed E-state index contributed by atoms with van der Waals surface area (Å²) in [5.41, 5.74) is 0. The molecule has 31 heavy (non-hydrogen) atoms. The van der Waals surface area contributed by atoms with E-state index >= 15 is 0 Å². The van der Waals surface area contributed by atoms with Gasteiger partial charge in [-0.1, -0.05) is 26.7 Å². The summed E-state index contributed by atoms with van der Waals surface area (Å²) in [6, 6.07) is 0. The number of hydrogen-bond acceptors (Lipinski definition) is 4. The molecule has 3 rings (SSSR count). The van der Waals surface area contributed by atoms with Crippen molar-refractivity contribution in [2.45, 2.75) is 52.6 Å². The molecule has 0 saturated carbocycles. The van der Waals surface area contributed by atoms with Gasteiger partial charge in [0.25, 0.3) is 0 Å². The quantitative estimate of drug-likeness (QED) is 0.338. The summed E-state index contributed by atoms with van der Waals surface area (Å²) in [5, 5.41) is 3.47. The second-order valence-corrected chi connectivity index (χ2v) is 8.85. The lowest BCUT2D eigenvalue weighted by Gasteiger charge is -2.37. The molecule has 0 aliphatic carbocycles. The van der Waals surface area contributed by atoms with Crippen LogP contribution in [0.5, 0.6) is 0 Å². The molecule has 0 aromatic carbocycles. The van der Waals surface area contributed by atoms with Gasteiger partial charge in [0.2, 0.25) is 5.91 Å². The molecule has 1 aromatic rings. The highest BCUT2D eigenvalue weighted by molar-refractivity contribution is 14.0. The summed E-state index contributed by atoms with van der Waals surface area (Å²) in [7, 11) is 1.83. The van der Waals surface area contributed by atoms with Crippen molar-refractivity contribution < 1.29 is 4.79 Å². The first-order chi connectivity index (χ1) is 14.6. The zero-order valence-corrected chi connectivity index (χ0v) is 21.8. The number of rotatable bonds is 6. The topological polar surface area (TPSA) is 69.0 Å². The highest BCUT2D eigenvalue weighted by atomic mass is 127. The number of carbonyl (C=O) groups is 1. The smallest absolute Gasteiger partial charge is 0.236 e. The van der Waals surface area contributed by atoms with Crippen LogP contribution in [0.2, 0.25) is 0 Å². The van der Waals surface area contributed by atoms with Crippen LogP contribution in [0.25, 0.3) is 0 Å². The monoisotopic (exact) mass is 545 g/mol. The number of halogens is 1. The molecular formula is C22H40IN7O. The van der Waals surface area contributed by atoms with E-state index in [4.69, 9.17) is 0 Å². The van der Waals surface area contributed by atoms with Gasteiger partial charge in [0, 0.05) is 65.3 Å². The zero-order chi connectivity index (χ0) is 21.3. The van der Waals surface area contributed by atoms with Gasteiger partial charge in [-0.05, 0) is 18.8 Å². The first-order valence-corrected chi connectivity index (χ1v) is 11.5. The second kappa shape index (κ2) is 13.2. The Hall–Kier alpha value is -1.36. The van der Waals surface area contributed by atoms with Crippen molar-refractivity contribution in [3.63, 3.8) is 0 Å². The Labute approximate surface area is 204 Å². The Bertz CT molecular complexity index is 690. The Morgan fingerprint density at radius 3 is 2.35 bits per heavy atom. The minimum absolute atomic E-state index is 0. The number of aromatic nitrogens is 2. The SMILES string of the molecule is CN=C(NCc1nccn1CC(C)C)N1CCN(CC(=O)N2CCCCCC2)CC1.I. The van der Waals surface area contributed by atoms with E-state index in [0.29, 0.717) is 24.9 Å². The fraction of sp³-hybridized carbons (Fsp3) is 0.773. The van der Waals surface area contributed by atoms with Crippen LogP contribution in [0, 0.1) is 5.92 Å². The number of nitrogens with zero attached hydrogens (tertiary/aromatic N) is 6. The molecular weight excluding hydrogens is 505 g/mol. The number of guanidine groups is 1. The molecule has 0 unspecified atom stereocenters. The van der Waals surface area contributed by atoms with Gasteiger partial charge in [0.05, 0.1) is 13.1 Å². The van der Waals surface area contributed by atoms with Crippen molar-refractivity contribution in [3.05, 3.63) is 18.2 Å². The number of carbonyl (C=O) groups excluding carboxylic acids is 1. The van der Waals surface area contributed by atoms with Crippen molar-refractivity contribution in [1.29, 1.82) is 0 Å². The van der Waals surface area contributed by atoms with Crippen LogP contribution < -0.4 is 5.32 Å². The summed E-state index contributed by atoms with van der Waals surface area (Å²) < 4.78 is 2.21. The van der Waals surface area contributed by atoms with E-state index in [-0.39, 0.29) is 24.0 Å². The predicted molar refractivity (Wildman–Crippen MR) is 136 cm³/mol. The number of imidazole rings is 1. The van der Waals surface area contributed by atoms with Crippen molar-refractivity contribution in [3.8, 4) is 0 Å². The highest BCUT2D eigenvalue weighted by Crippen LogP contribution is 2.11. The van der Waals surface area contributed by atoms with Gasteiger partial charge in [-0.15, -0.1) is 24.0 Å². The van der Waals surface area contributed by atoms with E-state index in [1.54, 1.807) is 0 Å². The fourth-order valence-electron chi connectivity index (χ4n) is 4.29. The Morgan fingerprint density at radius 1 is 1.06 bits per heavy atom. The molecule has 0 radical (unpaired) electrons. The molecule has 3 heterocycles. The van der Waals surface area contributed by atoms with E-state index < -0.39 is 0 Å². The largest absolute Gasteiger partial charge is 0.349 e. The molecule has 2 aliphatic rings. The fourth-order valence-corrected chi connectivity index (χ4v) is 4.29. The van der Waals surface area contributed by atoms with Crippen LogP contribution in [0.15, 0.2) is 17.4 Å². The number of piperazine rings is 1. The van der Waals surface area contributed by atoms with Crippen LogP contribution >= 0.6 is 24.0 Å². The summed E-state index contributed by atoms with van der Waals surface area (Å²) in [4.78, 5) is 28.3. The van der Waals surface area contributed by atoms with E-state index in [2.05, 4.69) is 48.4 Å². The van der Waals surface area contributed by atoms with E-state index in [0.717, 1.165) is 70.4 Å². The Kier molecular flexibility index (Phi) is 11.1. The summed E-state index contributed by atoms with van der Waals surface area (Å²) in [5.74, 6) is 2.83. The van der Waals surface area contributed by atoms with Crippen LogP contribution in [0.4, 0.5) is 0 Å². The van der Waals surface area contributed by atoms with Crippen molar-refractivity contribution in [2.75, 3.05) is 52.9 Å². The maximum atomic E-state index is 12.7. The standard InChI is InChI=1S/C22H39N7O.HI/c1-19(2)17-29-11-8-24-20(29)16-25-22(23-3)28-14-12-26(13-15-28)18-21(30)27-9-6-4-5-7-10-27;/h8,11,19H,4-7,9-10,12-18H2,1-3H3,(H,23,25);1H. The molecule has 8 nitrogen and oxygen atoms in total. The maximum Gasteiger partial charge on any atom is 0.236 e. The molecule has 2 saturated heterocycles. The summed E-state index contributed by atoms with van der Waals surface area (Å²) in [6.07, 6.45) is 8.72. The molecule has 9 heteroatoms. The third-order valence-corrected chi connectivity index (χ3v) is 5.97. The maximum absolute atomic E-state index is 12.7. The zero-order valence-electron chi connectivity index (χ0n) is 19.4. The minimum Gasteiger partial charge on any atom is -0.349 e. The first kappa shape index (κ1) is 25.9. The number of aliphatic imine (C=N–C) groups is 1. The lowest BCUT2D eigenvalue weighted by Crippen LogP contribution is -2.54. The van der Waals surface area contributed by atoms with Gasteiger partial charge in [0.15, 0.2) is 5.96 Å². The first-order valence-electron chi connectivity index (χ1n) is 11.5. The molecule has 1 aromatic heterocycles. The van der Waals surface area contributed by atoms with E-state index in [1.165, 1.54) is 12.8 Å². The molecule has 0 bridgehead atoms. The average molecular weight is 546 g/mol. The van der Waals surface area contributed by atoms with E-state index in [9.17, 15) is 4.79 Å². The molecule has 2 fully saturated rings. The second-order valence-electron chi connectivity index (χ2n) is 8.85. The van der Waals surface area contributed by atoms with Crippen LogP contribution in [0.3, 0.4) is 0 Å². The van der Waals surface area contributed by atoms with Gasteiger partial charge in [-0.3, -0.25) is 14.7 Å². The van der Waals surface area contributed by atoms with Gasteiger partial charge < -0.3 is 19.7 Å². The molecule has 1 amide bonds. The predicted octanol–water partition coefficient (Wildman–Crippen LogP) is 2.25. The normalized spacial score (nSPS) is 18.6. The summed E-state index contributed by atoms with van der Waals surface area (Å²) in [6.45, 7) is 12.0. The highest BCUT2D eigenvalue weighted by Gasteiger charge is 2.23. The lowest BCUT2D eigenvalue weighted by atomic mass is 10.2. The number of nitrogens with one attached hydrogen (secondary N) is 1. The van der Waals surface area contributed by atoms with E-state index in [1.807, 2.05) is 19.4 Å². The Balaban J connectivity index is 0.00000341. The third kappa shape index (κ3) is 7.93.